The number of esters is 1. The van der Waals surface area contributed by atoms with Crippen LogP contribution in [-0.2, 0) is 4.74 Å². The molecule has 0 radical (unpaired) electrons. The maximum absolute atomic E-state index is 12.3. The van der Waals surface area contributed by atoms with E-state index in [4.69, 9.17) is 13.9 Å². The van der Waals surface area contributed by atoms with E-state index < -0.39 is 17.5 Å². The van der Waals surface area contributed by atoms with E-state index in [-0.39, 0.29) is 22.4 Å². The highest BCUT2D eigenvalue weighted by molar-refractivity contribution is 7.17. The molecule has 0 saturated heterocycles. The lowest BCUT2D eigenvalue weighted by molar-refractivity contribution is 0.0531. The number of amides is 1. The molecule has 0 saturated carbocycles. The molecular weight excluding hydrogens is 360 g/mol. The minimum atomic E-state index is -0.656. The van der Waals surface area contributed by atoms with Crippen LogP contribution in [0, 0.1) is 0 Å². The molecule has 134 valence electrons. The van der Waals surface area contributed by atoms with Crippen LogP contribution in [0.3, 0.4) is 0 Å². The number of aromatic nitrogens is 1. The van der Waals surface area contributed by atoms with Gasteiger partial charge in [0.05, 0.1) is 25.3 Å². The number of rotatable bonds is 5. The van der Waals surface area contributed by atoms with E-state index in [2.05, 4.69) is 10.3 Å². The number of methoxy groups -OCH3 is 1. The predicted octanol–water partition coefficient (Wildman–Crippen LogP) is 2.69. The van der Waals surface area contributed by atoms with E-state index in [0.29, 0.717) is 16.5 Å². The van der Waals surface area contributed by atoms with Crippen LogP contribution in [0.5, 0.6) is 5.75 Å². The smallest absolute Gasteiger partial charge is 0.350 e. The fourth-order valence-electron chi connectivity index (χ4n) is 2.20. The molecule has 8 nitrogen and oxygen atoms in total. The van der Waals surface area contributed by atoms with Gasteiger partial charge in [-0.25, -0.2) is 14.6 Å². The summed E-state index contributed by atoms with van der Waals surface area (Å²) < 4.78 is 15.0. The van der Waals surface area contributed by atoms with Gasteiger partial charge in [0.25, 0.3) is 5.91 Å². The summed E-state index contributed by atoms with van der Waals surface area (Å²) in [6.07, 6.45) is 1.31. The van der Waals surface area contributed by atoms with Gasteiger partial charge in [-0.15, -0.1) is 0 Å². The first-order valence-corrected chi connectivity index (χ1v) is 8.39. The number of ether oxygens (including phenoxy) is 2. The number of nitrogens with one attached hydrogen (secondary N) is 1. The van der Waals surface area contributed by atoms with Crippen LogP contribution in [-0.4, -0.2) is 30.6 Å². The summed E-state index contributed by atoms with van der Waals surface area (Å²) in [5.41, 5.74) is -0.637. The minimum absolute atomic E-state index is 0.177. The van der Waals surface area contributed by atoms with Gasteiger partial charge >= 0.3 is 11.6 Å². The van der Waals surface area contributed by atoms with Crippen molar-refractivity contribution in [3.8, 4) is 5.75 Å². The van der Waals surface area contributed by atoms with E-state index >= 15 is 0 Å². The third-order valence-corrected chi connectivity index (χ3v) is 4.29. The Labute approximate surface area is 151 Å². The van der Waals surface area contributed by atoms with Crippen LogP contribution in [0.25, 0.3) is 10.8 Å². The maximum Gasteiger partial charge on any atom is 0.350 e. The Morgan fingerprint density at radius 1 is 1.31 bits per heavy atom. The molecule has 26 heavy (non-hydrogen) atoms. The lowest BCUT2D eigenvalue weighted by Gasteiger charge is -2.04. The second-order valence-electron chi connectivity index (χ2n) is 5.06. The first-order valence-electron chi connectivity index (χ1n) is 7.58. The monoisotopic (exact) mass is 374 g/mol. The van der Waals surface area contributed by atoms with Crippen LogP contribution in [0.15, 0.2) is 39.7 Å². The summed E-state index contributed by atoms with van der Waals surface area (Å²) in [5, 5.41) is 3.53. The molecule has 0 aliphatic heterocycles. The molecular formula is C17H14N2O6S. The van der Waals surface area contributed by atoms with Crippen molar-refractivity contribution in [3.63, 3.8) is 0 Å². The van der Waals surface area contributed by atoms with Crippen molar-refractivity contribution in [2.24, 2.45) is 0 Å². The average molecular weight is 374 g/mol. The van der Waals surface area contributed by atoms with Gasteiger partial charge in [-0.05, 0) is 36.6 Å². The molecule has 0 atom stereocenters. The van der Waals surface area contributed by atoms with Gasteiger partial charge in [-0.2, -0.15) is 0 Å². The summed E-state index contributed by atoms with van der Waals surface area (Å²) in [5.74, 6) is -0.802. The molecule has 1 amide bonds. The van der Waals surface area contributed by atoms with Crippen molar-refractivity contribution in [1.29, 1.82) is 0 Å². The third-order valence-electron chi connectivity index (χ3n) is 3.39. The summed E-state index contributed by atoms with van der Waals surface area (Å²) >= 11 is 0.960. The highest BCUT2D eigenvalue weighted by Crippen LogP contribution is 2.22. The zero-order valence-corrected chi connectivity index (χ0v) is 14.7. The zero-order valence-electron chi connectivity index (χ0n) is 13.9. The van der Waals surface area contributed by atoms with Gasteiger partial charge in [0, 0.05) is 0 Å². The number of thiazole rings is 1. The van der Waals surface area contributed by atoms with Crippen molar-refractivity contribution in [2.45, 2.75) is 6.92 Å². The zero-order chi connectivity index (χ0) is 18.7. The Kier molecular flexibility index (Phi) is 4.99. The Morgan fingerprint density at radius 3 is 2.85 bits per heavy atom. The van der Waals surface area contributed by atoms with E-state index in [1.165, 1.54) is 19.4 Å². The fourth-order valence-corrected chi connectivity index (χ4v) is 2.90. The first kappa shape index (κ1) is 17.6. The quantitative estimate of drug-likeness (QED) is 0.684. The van der Waals surface area contributed by atoms with Crippen molar-refractivity contribution in [1.82, 2.24) is 4.98 Å². The SMILES string of the molecule is CCOC(=O)c1cnc(NC(=O)c2cc3cc(OC)ccc3c(=O)o2)s1. The second-order valence-corrected chi connectivity index (χ2v) is 6.09. The molecule has 0 aliphatic rings. The lowest BCUT2D eigenvalue weighted by Crippen LogP contribution is -2.14. The fraction of sp³-hybridized carbons (Fsp3) is 0.176. The predicted molar refractivity (Wildman–Crippen MR) is 95.1 cm³/mol. The number of nitrogens with zero attached hydrogens (tertiary/aromatic N) is 1. The number of hydrogen-bond donors (Lipinski definition) is 1. The third kappa shape index (κ3) is 3.57. The summed E-state index contributed by atoms with van der Waals surface area (Å²) in [4.78, 5) is 40.2. The van der Waals surface area contributed by atoms with Crippen molar-refractivity contribution in [2.75, 3.05) is 19.0 Å². The topological polar surface area (TPSA) is 108 Å². The summed E-state index contributed by atoms with van der Waals surface area (Å²) in [6, 6.07) is 6.26. The van der Waals surface area contributed by atoms with Crippen molar-refractivity contribution >= 4 is 39.1 Å². The number of anilines is 1. The Hall–Kier alpha value is -3.20. The number of benzene rings is 1. The van der Waals surface area contributed by atoms with Crippen molar-refractivity contribution < 1.29 is 23.5 Å². The largest absolute Gasteiger partial charge is 0.497 e. The molecule has 0 bridgehead atoms. The van der Waals surface area contributed by atoms with Gasteiger partial charge < -0.3 is 13.9 Å². The van der Waals surface area contributed by atoms with Gasteiger partial charge in [0.1, 0.15) is 10.6 Å². The summed E-state index contributed by atoms with van der Waals surface area (Å²) in [6.45, 7) is 1.93. The van der Waals surface area contributed by atoms with Crippen molar-refractivity contribution in [3.05, 3.63) is 51.5 Å². The van der Waals surface area contributed by atoms with Gasteiger partial charge in [0.2, 0.25) is 0 Å². The molecule has 2 heterocycles. The second kappa shape index (κ2) is 7.36. The highest BCUT2D eigenvalue weighted by Gasteiger charge is 2.17. The molecule has 2 aromatic heterocycles. The van der Waals surface area contributed by atoms with Gasteiger partial charge in [-0.3, -0.25) is 10.1 Å². The lowest BCUT2D eigenvalue weighted by atomic mass is 10.1. The number of carbonyl (C=O) groups is 2. The normalized spacial score (nSPS) is 10.5. The summed E-state index contributed by atoms with van der Waals surface area (Å²) in [7, 11) is 1.50. The maximum atomic E-state index is 12.3. The minimum Gasteiger partial charge on any atom is -0.497 e. The molecule has 0 unspecified atom stereocenters. The standard InChI is InChI=1S/C17H14N2O6S/c1-3-24-16(22)13-8-18-17(26-13)19-14(20)12-7-9-6-10(23-2)4-5-11(9)15(21)25-12/h4-8H,3H2,1-2H3,(H,18,19,20). The number of fused-ring (bicyclic) bond motifs is 1. The molecule has 1 N–H and O–H groups in total. The molecule has 3 rings (SSSR count). The van der Waals surface area contributed by atoms with Gasteiger partial charge in [0.15, 0.2) is 10.9 Å². The molecule has 0 spiro atoms. The van der Waals surface area contributed by atoms with E-state index in [1.54, 1.807) is 25.1 Å². The van der Waals surface area contributed by atoms with Gasteiger partial charge in [-0.1, -0.05) is 11.3 Å². The van der Waals surface area contributed by atoms with Crippen LogP contribution in [0.4, 0.5) is 5.13 Å². The molecule has 9 heteroatoms. The van der Waals surface area contributed by atoms with Crippen LogP contribution >= 0.6 is 11.3 Å². The van der Waals surface area contributed by atoms with E-state index in [0.717, 1.165) is 11.3 Å². The Balaban J connectivity index is 1.86. The first-order chi connectivity index (χ1) is 12.5. The van der Waals surface area contributed by atoms with Crippen LogP contribution in [0.2, 0.25) is 0 Å². The molecule has 0 aliphatic carbocycles. The molecule has 1 aromatic carbocycles. The van der Waals surface area contributed by atoms with Crippen LogP contribution in [0.1, 0.15) is 27.2 Å². The van der Waals surface area contributed by atoms with E-state index in [9.17, 15) is 14.4 Å². The number of hydrogen-bond acceptors (Lipinski definition) is 8. The Morgan fingerprint density at radius 2 is 2.12 bits per heavy atom. The molecule has 0 fully saturated rings. The number of carbonyl (C=O) groups excluding carboxylic acids is 2. The average Bonchev–Trinajstić information content (AvgIpc) is 3.10. The Bertz CT molecular complexity index is 1040. The van der Waals surface area contributed by atoms with E-state index in [1.807, 2.05) is 0 Å². The highest BCUT2D eigenvalue weighted by atomic mass is 32.1. The van der Waals surface area contributed by atoms with Crippen LogP contribution < -0.4 is 15.7 Å². The molecule has 3 aromatic rings.